The Morgan fingerprint density at radius 2 is 1.91 bits per heavy atom. The fourth-order valence-corrected chi connectivity index (χ4v) is 4.19. The van der Waals surface area contributed by atoms with Crippen LogP contribution < -0.4 is 0 Å². The standard InChI is InChI=1S/C17H14N4S2/c1-11-9-13(12(2)21(11)17-19-7-8-22-17)15-10-23-16(20-15)14-5-3-4-6-18-14/h3-10H,1-2H3. The third-order valence-corrected chi connectivity index (χ3v) is 5.33. The van der Waals surface area contributed by atoms with E-state index >= 15 is 0 Å². The van der Waals surface area contributed by atoms with Gasteiger partial charge in [-0.3, -0.25) is 9.55 Å². The summed E-state index contributed by atoms with van der Waals surface area (Å²) in [5.41, 5.74) is 5.38. The van der Waals surface area contributed by atoms with Crippen molar-refractivity contribution in [1.82, 2.24) is 19.5 Å². The first-order valence-corrected chi connectivity index (χ1v) is 8.96. The highest BCUT2D eigenvalue weighted by Gasteiger charge is 2.16. The summed E-state index contributed by atoms with van der Waals surface area (Å²) in [6.07, 6.45) is 3.63. The molecule has 0 spiro atoms. The lowest BCUT2D eigenvalue weighted by atomic mass is 10.2. The van der Waals surface area contributed by atoms with E-state index in [2.05, 4.69) is 39.8 Å². The lowest BCUT2D eigenvalue weighted by Gasteiger charge is -2.04. The van der Waals surface area contributed by atoms with E-state index in [1.54, 1.807) is 28.9 Å². The summed E-state index contributed by atoms with van der Waals surface area (Å²) in [5.74, 6) is 0. The van der Waals surface area contributed by atoms with E-state index in [0.717, 1.165) is 32.8 Å². The number of nitrogens with zero attached hydrogens (tertiary/aromatic N) is 4. The van der Waals surface area contributed by atoms with Gasteiger partial charge in [-0.2, -0.15) is 0 Å². The number of pyridine rings is 1. The second kappa shape index (κ2) is 5.72. The molecule has 4 aromatic heterocycles. The second-order valence-corrected chi connectivity index (χ2v) is 6.92. The molecule has 0 aliphatic carbocycles. The van der Waals surface area contributed by atoms with Crippen LogP contribution in [0.5, 0.6) is 0 Å². The van der Waals surface area contributed by atoms with Crippen LogP contribution in [0, 0.1) is 13.8 Å². The highest BCUT2D eigenvalue weighted by molar-refractivity contribution is 7.13. The van der Waals surface area contributed by atoms with Gasteiger partial charge < -0.3 is 0 Å². The molecule has 6 heteroatoms. The van der Waals surface area contributed by atoms with Crippen molar-refractivity contribution in [3.63, 3.8) is 0 Å². The molecule has 0 N–H and O–H groups in total. The summed E-state index contributed by atoms with van der Waals surface area (Å²) >= 11 is 3.26. The number of thiazole rings is 2. The predicted octanol–water partition coefficient (Wildman–Crippen LogP) is 4.74. The summed E-state index contributed by atoms with van der Waals surface area (Å²) < 4.78 is 2.18. The van der Waals surface area contributed by atoms with Crippen LogP contribution in [0.15, 0.2) is 47.4 Å². The molecule has 0 bridgehead atoms. The SMILES string of the molecule is Cc1cc(-c2csc(-c3ccccn3)n2)c(C)n1-c1nccs1. The second-order valence-electron chi connectivity index (χ2n) is 5.19. The molecule has 0 aliphatic rings. The number of hydrogen-bond acceptors (Lipinski definition) is 5. The minimum atomic E-state index is 0.914. The van der Waals surface area contributed by atoms with Crippen molar-refractivity contribution in [2.45, 2.75) is 13.8 Å². The maximum absolute atomic E-state index is 4.77. The summed E-state index contributed by atoms with van der Waals surface area (Å²) in [6.45, 7) is 4.22. The minimum absolute atomic E-state index is 0.914. The van der Waals surface area contributed by atoms with Crippen LogP contribution in [0.25, 0.3) is 27.1 Å². The summed E-state index contributed by atoms with van der Waals surface area (Å²) in [7, 11) is 0. The van der Waals surface area contributed by atoms with Crippen LogP contribution in [0.2, 0.25) is 0 Å². The fourth-order valence-electron chi connectivity index (χ4n) is 2.65. The molecule has 0 amide bonds. The number of aromatic nitrogens is 4. The third-order valence-electron chi connectivity index (χ3n) is 3.71. The van der Waals surface area contributed by atoms with Gasteiger partial charge in [0.2, 0.25) is 0 Å². The number of hydrogen-bond donors (Lipinski definition) is 0. The summed E-state index contributed by atoms with van der Waals surface area (Å²) in [6, 6.07) is 8.06. The van der Waals surface area contributed by atoms with Crippen LogP contribution in [-0.4, -0.2) is 19.5 Å². The largest absolute Gasteiger partial charge is 0.294 e. The van der Waals surface area contributed by atoms with Crippen LogP contribution in [-0.2, 0) is 0 Å². The Labute approximate surface area is 142 Å². The van der Waals surface area contributed by atoms with Crippen LogP contribution in [0.1, 0.15) is 11.4 Å². The van der Waals surface area contributed by atoms with Gasteiger partial charge in [0.15, 0.2) is 5.13 Å². The molecule has 0 unspecified atom stereocenters. The van der Waals surface area contributed by atoms with Crippen molar-refractivity contribution >= 4 is 22.7 Å². The topological polar surface area (TPSA) is 43.6 Å². The van der Waals surface area contributed by atoms with Gasteiger partial charge in [0.25, 0.3) is 0 Å². The van der Waals surface area contributed by atoms with Crippen molar-refractivity contribution in [2.24, 2.45) is 0 Å². The van der Waals surface area contributed by atoms with E-state index in [1.807, 2.05) is 29.8 Å². The van der Waals surface area contributed by atoms with Crippen molar-refractivity contribution < 1.29 is 0 Å². The molecule has 114 valence electrons. The molecule has 0 saturated heterocycles. The highest BCUT2D eigenvalue weighted by Crippen LogP contribution is 2.33. The Morgan fingerprint density at radius 3 is 2.65 bits per heavy atom. The van der Waals surface area contributed by atoms with E-state index in [-0.39, 0.29) is 0 Å². The quantitative estimate of drug-likeness (QED) is 0.542. The van der Waals surface area contributed by atoms with Crippen molar-refractivity contribution in [2.75, 3.05) is 0 Å². The first-order chi connectivity index (χ1) is 11.2. The van der Waals surface area contributed by atoms with Gasteiger partial charge in [-0.1, -0.05) is 6.07 Å². The molecule has 0 atom stereocenters. The monoisotopic (exact) mass is 338 g/mol. The van der Waals surface area contributed by atoms with Crippen molar-refractivity contribution in [1.29, 1.82) is 0 Å². The number of aryl methyl sites for hydroxylation is 1. The van der Waals surface area contributed by atoms with E-state index in [1.165, 1.54) is 5.69 Å². The lowest BCUT2D eigenvalue weighted by Crippen LogP contribution is -1.97. The molecule has 4 nitrogen and oxygen atoms in total. The normalized spacial score (nSPS) is 11.0. The zero-order valence-corrected chi connectivity index (χ0v) is 14.4. The molecular formula is C17H14N4S2. The first-order valence-electron chi connectivity index (χ1n) is 7.20. The average molecular weight is 338 g/mol. The smallest absolute Gasteiger partial charge is 0.193 e. The zero-order chi connectivity index (χ0) is 15.8. The van der Waals surface area contributed by atoms with E-state index < -0.39 is 0 Å². The van der Waals surface area contributed by atoms with E-state index in [9.17, 15) is 0 Å². The molecule has 0 radical (unpaired) electrons. The minimum Gasteiger partial charge on any atom is -0.294 e. The molecule has 0 aliphatic heterocycles. The number of rotatable bonds is 3. The van der Waals surface area contributed by atoms with Crippen LogP contribution in [0.4, 0.5) is 0 Å². The highest BCUT2D eigenvalue weighted by atomic mass is 32.1. The first kappa shape index (κ1) is 14.3. The molecule has 23 heavy (non-hydrogen) atoms. The lowest BCUT2D eigenvalue weighted by molar-refractivity contribution is 0.951. The molecule has 4 rings (SSSR count). The fraction of sp³-hybridized carbons (Fsp3) is 0.118. The molecule has 0 saturated carbocycles. The Hall–Kier alpha value is -2.31. The molecule has 4 heterocycles. The zero-order valence-electron chi connectivity index (χ0n) is 12.7. The van der Waals surface area contributed by atoms with Gasteiger partial charge in [-0.25, -0.2) is 9.97 Å². The van der Waals surface area contributed by atoms with Crippen LogP contribution >= 0.6 is 22.7 Å². The van der Waals surface area contributed by atoms with E-state index in [4.69, 9.17) is 4.98 Å². The molecular weight excluding hydrogens is 324 g/mol. The van der Waals surface area contributed by atoms with Gasteiger partial charge in [-0.15, -0.1) is 22.7 Å². The Bertz CT molecular complexity index is 937. The van der Waals surface area contributed by atoms with Gasteiger partial charge in [-0.05, 0) is 32.0 Å². The Balaban J connectivity index is 1.78. The van der Waals surface area contributed by atoms with Crippen molar-refractivity contribution in [3.05, 3.63) is 58.8 Å². The maximum atomic E-state index is 4.77. The van der Waals surface area contributed by atoms with Gasteiger partial charge >= 0.3 is 0 Å². The molecule has 0 aromatic carbocycles. The Kier molecular flexibility index (Phi) is 3.55. The molecule has 4 aromatic rings. The molecule has 0 fully saturated rings. The Morgan fingerprint density at radius 1 is 1.00 bits per heavy atom. The van der Waals surface area contributed by atoms with Crippen molar-refractivity contribution in [3.8, 4) is 27.1 Å². The predicted molar refractivity (Wildman–Crippen MR) is 95.3 cm³/mol. The summed E-state index contributed by atoms with van der Waals surface area (Å²) in [4.78, 5) is 13.6. The average Bonchev–Trinajstić information content (AvgIpc) is 3.29. The van der Waals surface area contributed by atoms with Gasteiger partial charge in [0.1, 0.15) is 5.01 Å². The van der Waals surface area contributed by atoms with Crippen LogP contribution in [0.3, 0.4) is 0 Å². The van der Waals surface area contributed by atoms with Gasteiger partial charge in [0.05, 0.1) is 11.4 Å². The van der Waals surface area contributed by atoms with E-state index in [0.29, 0.717) is 0 Å². The third kappa shape index (κ3) is 2.50. The van der Waals surface area contributed by atoms with Gasteiger partial charge in [0, 0.05) is 40.1 Å². The maximum Gasteiger partial charge on any atom is 0.193 e. The summed E-state index contributed by atoms with van der Waals surface area (Å²) in [5, 5.41) is 6.03.